The highest BCUT2D eigenvalue weighted by Gasteiger charge is 2.06. The Morgan fingerprint density at radius 2 is 2.09 bits per heavy atom. The Morgan fingerprint density at radius 1 is 1.23 bits per heavy atom. The van der Waals surface area contributed by atoms with Gasteiger partial charge in [0.15, 0.2) is 0 Å². The zero-order valence-corrected chi connectivity index (χ0v) is 11.3. The lowest BCUT2D eigenvalue weighted by molar-refractivity contribution is -0.111. The van der Waals surface area contributed by atoms with Gasteiger partial charge in [0.1, 0.15) is 17.3 Å². The number of nitrogens with zero attached hydrogens (tertiary/aromatic N) is 2. The molecule has 0 aliphatic carbocycles. The van der Waals surface area contributed by atoms with Crippen LogP contribution in [0.25, 0.3) is 11.7 Å². The van der Waals surface area contributed by atoms with E-state index in [1.54, 1.807) is 12.3 Å². The largest absolute Gasteiger partial charge is 0.320 e. The van der Waals surface area contributed by atoms with E-state index in [4.69, 9.17) is 0 Å². The molecule has 0 unspecified atom stereocenters. The number of nitrogens with one attached hydrogen (secondary N) is 1. The summed E-state index contributed by atoms with van der Waals surface area (Å²) in [6.45, 7) is 0. The quantitative estimate of drug-likeness (QED) is 0.755. The maximum Gasteiger partial charge on any atom is 0.248 e. The monoisotopic (exact) mass is 299 g/mol. The lowest BCUT2D eigenvalue weighted by Crippen LogP contribution is -2.09. The summed E-state index contributed by atoms with van der Waals surface area (Å²) >= 11 is 0. The molecule has 1 aromatic carbocycles. The molecule has 110 valence electrons. The molecule has 1 N–H and O–H groups in total. The van der Waals surface area contributed by atoms with Crippen LogP contribution in [0.4, 0.5) is 14.5 Å². The molecule has 22 heavy (non-hydrogen) atoms. The fourth-order valence-corrected chi connectivity index (χ4v) is 2.00. The van der Waals surface area contributed by atoms with Crippen LogP contribution < -0.4 is 5.32 Å². The van der Waals surface area contributed by atoms with E-state index in [2.05, 4.69) is 10.3 Å². The molecule has 0 fully saturated rings. The number of carbonyl (C=O) groups excluding carboxylic acids is 1. The Kier molecular flexibility index (Phi) is 3.65. The zero-order valence-electron chi connectivity index (χ0n) is 11.3. The Morgan fingerprint density at radius 3 is 2.91 bits per heavy atom. The first-order valence-corrected chi connectivity index (χ1v) is 6.50. The number of hydrogen-bond donors (Lipinski definition) is 1. The molecule has 1 amide bonds. The molecule has 0 saturated heterocycles. The van der Waals surface area contributed by atoms with E-state index in [1.165, 1.54) is 12.1 Å². The number of halogens is 2. The fraction of sp³-hybridized carbons (Fsp3) is 0. The zero-order chi connectivity index (χ0) is 15.5. The van der Waals surface area contributed by atoms with Crippen molar-refractivity contribution in [3.05, 3.63) is 72.2 Å². The molecule has 3 rings (SSSR count). The lowest BCUT2D eigenvalue weighted by atomic mass is 10.3. The number of amides is 1. The van der Waals surface area contributed by atoms with Gasteiger partial charge in [0, 0.05) is 18.3 Å². The topological polar surface area (TPSA) is 46.4 Å². The maximum absolute atomic E-state index is 13.4. The number of hydrogen-bond acceptors (Lipinski definition) is 2. The number of benzene rings is 1. The second kappa shape index (κ2) is 5.77. The highest BCUT2D eigenvalue weighted by molar-refractivity contribution is 6.01. The minimum Gasteiger partial charge on any atom is -0.320 e. The highest BCUT2D eigenvalue weighted by atomic mass is 19.1. The Balaban J connectivity index is 1.76. The minimum atomic E-state index is -0.823. The molecule has 4 nitrogen and oxygen atoms in total. The summed E-state index contributed by atoms with van der Waals surface area (Å²) in [4.78, 5) is 16.0. The van der Waals surface area contributed by atoms with Crippen LogP contribution in [0.15, 0.2) is 54.9 Å². The van der Waals surface area contributed by atoms with Gasteiger partial charge in [0.2, 0.25) is 5.91 Å². The predicted molar refractivity (Wildman–Crippen MR) is 79.2 cm³/mol. The van der Waals surface area contributed by atoms with Crippen LogP contribution in [0.3, 0.4) is 0 Å². The molecule has 0 bridgehead atoms. The first kappa shape index (κ1) is 13.9. The minimum absolute atomic E-state index is 0.0748. The third-order valence-corrected chi connectivity index (χ3v) is 3.04. The van der Waals surface area contributed by atoms with Crippen molar-refractivity contribution in [3.63, 3.8) is 0 Å². The van der Waals surface area contributed by atoms with Gasteiger partial charge in [-0.2, -0.15) is 0 Å². The van der Waals surface area contributed by atoms with Crippen molar-refractivity contribution in [2.24, 2.45) is 0 Å². The van der Waals surface area contributed by atoms with Crippen molar-refractivity contribution < 1.29 is 13.6 Å². The maximum atomic E-state index is 13.4. The number of anilines is 1. The summed E-state index contributed by atoms with van der Waals surface area (Å²) in [7, 11) is 0. The number of carbonyl (C=O) groups is 1. The van der Waals surface area contributed by atoms with E-state index < -0.39 is 17.5 Å². The first-order chi connectivity index (χ1) is 10.6. The molecule has 0 spiro atoms. The number of imidazole rings is 1. The van der Waals surface area contributed by atoms with Crippen molar-refractivity contribution in [3.8, 4) is 0 Å². The number of rotatable bonds is 3. The Labute approximate surface area is 124 Å². The Hall–Kier alpha value is -3.02. The van der Waals surface area contributed by atoms with E-state index in [1.807, 2.05) is 28.8 Å². The van der Waals surface area contributed by atoms with Crippen LogP contribution in [0.1, 0.15) is 5.69 Å². The second-order valence-corrected chi connectivity index (χ2v) is 4.56. The molecule has 3 aromatic rings. The molecule has 6 heteroatoms. The van der Waals surface area contributed by atoms with Gasteiger partial charge in [-0.15, -0.1) is 0 Å². The van der Waals surface area contributed by atoms with Gasteiger partial charge >= 0.3 is 0 Å². The normalized spacial score (nSPS) is 11.2. The van der Waals surface area contributed by atoms with E-state index >= 15 is 0 Å². The fourth-order valence-electron chi connectivity index (χ4n) is 2.00. The number of aromatic nitrogens is 2. The van der Waals surface area contributed by atoms with Gasteiger partial charge in [-0.05, 0) is 30.3 Å². The summed E-state index contributed by atoms with van der Waals surface area (Å²) in [6, 6.07) is 8.51. The van der Waals surface area contributed by atoms with Crippen LogP contribution in [-0.4, -0.2) is 15.3 Å². The van der Waals surface area contributed by atoms with Crippen molar-refractivity contribution in [2.45, 2.75) is 0 Å². The van der Waals surface area contributed by atoms with Crippen LogP contribution in [0.5, 0.6) is 0 Å². The predicted octanol–water partition coefficient (Wildman–Crippen LogP) is 3.26. The van der Waals surface area contributed by atoms with E-state index in [0.29, 0.717) is 11.8 Å². The standard InChI is InChI=1S/C16H11F2N3O/c17-11-4-6-14(13(18)9-11)20-16(22)7-5-12-10-19-15-3-1-2-8-21(12)15/h1-10H,(H,20,22)/b7-5+. The van der Waals surface area contributed by atoms with Crippen molar-refractivity contribution in [1.82, 2.24) is 9.38 Å². The van der Waals surface area contributed by atoms with Gasteiger partial charge < -0.3 is 9.72 Å². The van der Waals surface area contributed by atoms with Crippen molar-refractivity contribution >= 4 is 23.3 Å². The van der Waals surface area contributed by atoms with Crippen LogP contribution in [0, 0.1) is 11.6 Å². The summed E-state index contributed by atoms with van der Waals surface area (Å²) in [5, 5.41) is 2.35. The van der Waals surface area contributed by atoms with Gasteiger partial charge in [-0.1, -0.05) is 6.07 Å². The average molecular weight is 299 g/mol. The third kappa shape index (κ3) is 2.85. The Bertz CT molecular complexity index is 871. The second-order valence-electron chi connectivity index (χ2n) is 4.56. The summed E-state index contributed by atoms with van der Waals surface area (Å²) in [6.07, 6.45) is 6.27. The molecule has 2 heterocycles. The van der Waals surface area contributed by atoms with Crippen molar-refractivity contribution in [1.29, 1.82) is 0 Å². The smallest absolute Gasteiger partial charge is 0.248 e. The van der Waals surface area contributed by atoms with Gasteiger partial charge in [-0.3, -0.25) is 4.79 Å². The SMILES string of the molecule is O=C(/C=C/c1cnc2ccccn12)Nc1ccc(F)cc1F. The summed E-state index contributed by atoms with van der Waals surface area (Å²) < 4.78 is 28.0. The molecule has 0 atom stereocenters. The number of pyridine rings is 1. The first-order valence-electron chi connectivity index (χ1n) is 6.50. The van der Waals surface area contributed by atoms with E-state index in [9.17, 15) is 13.6 Å². The molecular weight excluding hydrogens is 288 g/mol. The lowest BCUT2D eigenvalue weighted by Gasteiger charge is -2.03. The molecule has 0 radical (unpaired) electrons. The van der Waals surface area contributed by atoms with Crippen molar-refractivity contribution in [2.75, 3.05) is 5.32 Å². The molecular formula is C16H11F2N3O. The summed E-state index contributed by atoms with van der Waals surface area (Å²) in [5.41, 5.74) is 1.40. The van der Waals surface area contributed by atoms with Gasteiger partial charge in [0.25, 0.3) is 0 Å². The van der Waals surface area contributed by atoms with Crippen LogP contribution in [0.2, 0.25) is 0 Å². The van der Waals surface area contributed by atoms with Gasteiger partial charge in [-0.25, -0.2) is 13.8 Å². The van der Waals surface area contributed by atoms with Crippen LogP contribution in [-0.2, 0) is 4.79 Å². The molecule has 0 saturated carbocycles. The van der Waals surface area contributed by atoms with Crippen LogP contribution >= 0.6 is 0 Å². The third-order valence-electron chi connectivity index (χ3n) is 3.04. The highest BCUT2D eigenvalue weighted by Crippen LogP contribution is 2.15. The molecule has 2 aromatic heterocycles. The van der Waals surface area contributed by atoms with E-state index in [0.717, 1.165) is 11.7 Å². The van der Waals surface area contributed by atoms with Gasteiger partial charge in [0.05, 0.1) is 17.6 Å². The summed E-state index contributed by atoms with van der Waals surface area (Å²) in [5.74, 6) is -2.04. The van der Waals surface area contributed by atoms with E-state index in [-0.39, 0.29) is 5.69 Å². The molecule has 0 aliphatic rings. The number of fused-ring (bicyclic) bond motifs is 1. The molecule has 0 aliphatic heterocycles. The average Bonchev–Trinajstić information content (AvgIpc) is 2.91.